The third kappa shape index (κ3) is 9.52. The van der Waals surface area contributed by atoms with E-state index in [9.17, 15) is 37.5 Å². The zero-order valence-electron chi connectivity index (χ0n) is 24.7. The Kier molecular flexibility index (Phi) is 12.7. The first kappa shape index (κ1) is 34.5. The van der Waals surface area contributed by atoms with Crippen molar-refractivity contribution in [1.29, 1.82) is 0 Å². The second-order valence-electron chi connectivity index (χ2n) is 10.8. The van der Waals surface area contributed by atoms with Crippen LogP contribution in [-0.2, 0) is 36.8 Å². The fourth-order valence-corrected chi connectivity index (χ4v) is 5.29. The Hall–Kier alpha value is -3.97. The summed E-state index contributed by atoms with van der Waals surface area (Å²) in [6, 6.07) is 6.02. The van der Waals surface area contributed by atoms with Crippen LogP contribution in [0.2, 0.25) is 0 Å². The van der Waals surface area contributed by atoms with E-state index < -0.39 is 71.4 Å². The van der Waals surface area contributed by atoms with E-state index in [4.69, 9.17) is 10.5 Å². The van der Waals surface area contributed by atoms with Crippen molar-refractivity contribution in [2.24, 2.45) is 5.73 Å². The third-order valence-corrected chi connectivity index (χ3v) is 7.50. The number of carbonyl (C=O) groups excluding carboxylic acids is 3. The average molecular weight is 621 g/mol. The highest BCUT2D eigenvalue weighted by Gasteiger charge is 2.42. The van der Waals surface area contributed by atoms with E-state index >= 15 is 0 Å². The van der Waals surface area contributed by atoms with Crippen LogP contribution in [0.1, 0.15) is 50.7 Å². The number of aliphatic carboxylic acids is 1. The number of hydrogen-bond acceptors (Lipinski definition) is 7. The minimum atomic E-state index is -1.34. The number of ether oxygens (including phenoxy) is 1. The van der Waals surface area contributed by atoms with Crippen LogP contribution in [-0.4, -0.2) is 77.1 Å². The molecule has 1 saturated heterocycles. The molecule has 5 N–H and O–H groups in total. The Bertz CT molecular complexity index is 1310. The molecule has 0 saturated carbocycles. The fourth-order valence-electron chi connectivity index (χ4n) is 5.29. The molecular weight excluding hydrogens is 581 g/mol. The second kappa shape index (κ2) is 16.2. The highest BCUT2D eigenvalue weighted by atomic mass is 19.2. The number of carboxylic acids is 1. The molecule has 0 unspecified atom stereocenters. The number of esters is 1. The van der Waals surface area contributed by atoms with Crippen LogP contribution >= 0.6 is 0 Å². The number of likely N-dealkylation sites (tertiary alicyclic amines) is 1. The van der Waals surface area contributed by atoms with Gasteiger partial charge in [-0.15, -0.1) is 0 Å². The molecule has 0 aliphatic carbocycles. The van der Waals surface area contributed by atoms with Crippen molar-refractivity contribution in [3.63, 3.8) is 0 Å². The molecule has 1 fully saturated rings. The largest absolute Gasteiger partial charge is 0.480 e. The molecule has 5 atom stereocenters. The van der Waals surface area contributed by atoms with E-state index in [1.165, 1.54) is 4.90 Å². The first-order chi connectivity index (χ1) is 20.9. The quantitative estimate of drug-likeness (QED) is 0.175. The Morgan fingerprint density at radius 3 is 2.36 bits per heavy atom. The number of halogens is 3. The Labute approximate surface area is 254 Å². The first-order valence-electron chi connectivity index (χ1n) is 14.6. The lowest BCUT2D eigenvalue weighted by atomic mass is 10.0. The van der Waals surface area contributed by atoms with Crippen LogP contribution in [0.15, 0.2) is 42.5 Å². The summed E-state index contributed by atoms with van der Waals surface area (Å²) in [7, 11) is 0. The minimum absolute atomic E-state index is 0.0639. The molecular formula is C31H39F3N4O6. The van der Waals surface area contributed by atoms with Crippen LogP contribution < -0.4 is 16.4 Å². The molecule has 1 aliphatic heterocycles. The monoisotopic (exact) mass is 620 g/mol. The predicted octanol–water partition coefficient (Wildman–Crippen LogP) is 2.47. The molecule has 1 heterocycles. The number of amides is 2. The van der Waals surface area contributed by atoms with Crippen molar-refractivity contribution in [1.82, 2.24) is 15.5 Å². The molecule has 2 amide bonds. The molecule has 2 aromatic rings. The maximum atomic E-state index is 14.0. The summed E-state index contributed by atoms with van der Waals surface area (Å²) in [4.78, 5) is 52.3. The highest BCUT2D eigenvalue weighted by molar-refractivity contribution is 5.89. The van der Waals surface area contributed by atoms with Crippen molar-refractivity contribution in [3.8, 4) is 0 Å². The van der Waals surface area contributed by atoms with E-state index in [-0.39, 0.29) is 44.4 Å². The number of nitrogens with one attached hydrogen (secondary N) is 2. The second-order valence-corrected chi connectivity index (χ2v) is 10.8. The van der Waals surface area contributed by atoms with Gasteiger partial charge in [0.1, 0.15) is 17.9 Å². The average Bonchev–Trinajstić information content (AvgIpc) is 3.40. The maximum Gasteiger partial charge on any atom is 0.326 e. The number of rotatable bonds is 15. The van der Waals surface area contributed by atoms with Gasteiger partial charge in [-0.1, -0.05) is 37.3 Å². The molecule has 1 aliphatic rings. The predicted molar refractivity (Wildman–Crippen MR) is 155 cm³/mol. The van der Waals surface area contributed by atoms with Crippen LogP contribution in [0.5, 0.6) is 0 Å². The zero-order chi connectivity index (χ0) is 32.4. The minimum Gasteiger partial charge on any atom is -0.480 e. The molecule has 2 aromatic carbocycles. The summed E-state index contributed by atoms with van der Waals surface area (Å²) in [6.45, 7) is 3.47. The van der Waals surface area contributed by atoms with Gasteiger partial charge in [0.05, 0.1) is 12.6 Å². The molecule has 0 aromatic heterocycles. The number of benzene rings is 2. The van der Waals surface area contributed by atoms with E-state index in [0.717, 1.165) is 5.56 Å². The molecule has 13 heteroatoms. The summed E-state index contributed by atoms with van der Waals surface area (Å²) in [5.74, 6) is -6.43. The van der Waals surface area contributed by atoms with Crippen LogP contribution in [0.4, 0.5) is 13.2 Å². The van der Waals surface area contributed by atoms with Gasteiger partial charge in [0.2, 0.25) is 11.8 Å². The number of nitrogens with zero attached hydrogens (tertiary/aromatic N) is 1. The van der Waals surface area contributed by atoms with Gasteiger partial charge in [-0.3, -0.25) is 19.7 Å². The molecule has 3 rings (SSSR count). The van der Waals surface area contributed by atoms with E-state index in [1.54, 1.807) is 13.8 Å². The van der Waals surface area contributed by atoms with Gasteiger partial charge < -0.3 is 25.8 Å². The summed E-state index contributed by atoms with van der Waals surface area (Å²) in [5, 5.41) is 15.6. The van der Waals surface area contributed by atoms with Crippen LogP contribution in [0, 0.1) is 17.5 Å². The Balaban J connectivity index is 1.63. The van der Waals surface area contributed by atoms with Crippen LogP contribution in [0.3, 0.4) is 0 Å². The lowest BCUT2D eigenvalue weighted by molar-refractivity contribution is -0.150. The molecule has 240 valence electrons. The SMILES string of the molecule is CCOC(=O)[C@H](CCc1ccccc1)N[C@@H](CC)C(=O)N1C[C@@H](NC(=O)C[C@H](N)Cc2cc(F)c(F)cc2F)C[C@H]1C(=O)O. The van der Waals surface area contributed by atoms with Crippen molar-refractivity contribution in [2.75, 3.05) is 13.2 Å². The lowest BCUT2D eigenvalue weighted by Gasteiger charge is -2.29. The van der Waals surface area contributed by atoms with Gasteiger partial charge >= 0.3 is 11.9 Å². The number of carbonyl (C=O) groups is 4. The van der Waals surface area contributed by atoms with E-state index in [0.29, 0.717) is 25.0 Å². The fraction of sp³-hybridized carbons (Fsp3) is 0.484. The molecule has 0 radical (unpaired) electrons. The number of aryl methyl sites for hydroxylation is 1. The van der Waals surface area contributed by atoms with Gasteiger partial charge in [0.15, 0.2) is 11.6 Å². The van der Waals surface area contributed by atoms with Crippen molar-refractivity contribution in [2.45, 2.75) is 82.6 Å². The van der Waals surface area contributed by atoms with Gasteiger partial charge in [-0.2, -0.15) is 0 Å². The molecule has 44 heavy (non-hydrogen) atoms. The van der Waals surface area contributed by atoms with Crippen molar-refractivity contribution in [3.05, 3.63) is 71.0 Å². The van der Waals surface area contributed by atoms with Crippen LogP contribution in [0.25, 0.3) is 0 Å². The summed E-state index contributed by atoms with van der Waals surface area (Å²) < 4.78 is 45.9. The summed E-state index contributed by atoms with van der Waals surface area (Å²) >= 11 is 0. The lowest BCUT2D eigenvalue weighted by Crippen LogP contribution is -2.54. The van der Waals surface area contributed by atoms with Gasteiger partial charge in [0.25, 0.3) is 0 Å². The van der Waals surface area contributed by atoms with E-state index in [2.05, 4.69) is 10.6 Å². The topological polar surface area (TPSA) is 151 Å². The van der Waals surface area contributed by atoms with E-state index in [1.807, 2.05) is 30.3 Å². The third-order valence-electron chi connectivity index (χ3n) is 7.50. The molecule has 10 nitrogen and oxygen atoms in total. The zero-order valence-corrected chi connectivity index (χ0v) is 24.7. The van der Waals surface area contributed by atoms with Crippen molar-refractivity contribution >= 4 is 23.8 Å². The normalized spacial score (nSPS) is 18.4. The number of hydrogen-bond donors (Lipinski definition) is 4. The van der Waals surface area contributed by atoms with Gasteiger partial charge in [-0.05, 0) is 49.8 Å². The van der Waals surface area contributed by atoms with Gasteiger partial charge in [-0.25, -0.2) is 18.0 Å². The smallest absolute Gasteiger partial charge is 0.326 e. The highest BCUT2D eigenvalue weighted by Crippen LogP contribution is 2.22. The standard InChI is InChI=1S/C31H39F3N4O6/c1-3-25(37-26(31(43)44-4-2)11-10-18-8-6-5-7-9-18)29(40)38-17-21(15-27(38)30(41)42)36-28(39)14-20(35)12-19-13-23(33)24(34)16-22(19)32/h5-9,13,16,20-21,25-27,37H,3-4,10-12,14-15,17,35H2,1-2H3,(H,36,39)(H,41,42)/t20-,21+,25+,26+,27+/m1/s1. The number of nitrogens with two attached hydrogens (primary N) is 1. The summed E-state index contributed by atoms with van der Waals surface area (Å²) in [5.41, 5.74) is 6.77. The molecule has 0 bridgehead atoms. The van der Waals surface area contributed by atoms with Gasteiger partial charge in [0, 0.05) is 37.5 Å². The van der Waals surface area contributed by atoms with Crippen molar-refractivity contribution < 1.29 is 42.2 Å². The first-order valence-corrected chi connectivity index (χ1v) is 14.6. The summed E-state index contributed by atoms with van der Waals surface area (Å²) in [6.07, 6.45) is 0.549. The number of carboxylic acid groups (broad SMARTS) is 1. The molecule has 0 spiro atoms. The Morgan fingerprint density at radius 1 is 1.05 bits per heavy atom. The maximum absolute atomic E-state index is 14.0. The Morgan fingerprint density at radius 2 is 1.73 bits per heavy atom.